The monoisotopic (exact) mass is 754 g/mol. The predicted octanol–water partition coefficient (Wildman–Crippen LogP) is 13.9. The summed E-state index contributed by atoms with van der Waals surface area (Å²) in [4.78, 5) is 20.5. The van der Waals surface area contributed by atoms with Gasteiger partial charge in [-0.3, -0.25) is 4.98 Å². The molecule has 0 amide bonds. The molecule has 0 N–H and O–H groups in total. The number of nitrogens with zero attached hydrogens (tertiary/aromatic N) is 4. The molecule has 1 aliphatic carbocycles. The van der Waals surface area contributed by atoms with Crippen LogP contribution >= 0.6 is 0 Å². The van der Waals surface area contributed by atoms with Crippen LogP contribution in [0.25, 0.3) is 100 Å². The first kappa shape index (κ1) is 34.7. The number of fused-ring (bicyclic) bond motifs is 6. The Hall–Kier alpha value is -7.56. The van der Waals surface area contributed by atoms with E-state index in [0.717, 1.165) is 77.8 Å². The summed E-state index contributed by atoms with van der Waals surface area (Å²) in [5.41, 5.74) is 18.1. The minimum Gasteiger partial charge on any atom is -0.254 e. The topological polar surface area (TPSA) is 51.6 Å². The summed E-state index contributed by atoms with van der Waals surface area (Å²) in [6, 6.07) is 66.6. The van der Waals surface area contributed by atoms with Crippen LogP contribution in [0.3, 0.4) is 0 Å². The molecule has 11 rings (SSSR count). The molecule has 7 aromatic carbocycles. The van der Waals surface area contributed by atoms with Gasteiger partial charge in [0.25, 0.3) is 0 Å². The lowest BCUT2D eigenvalue weighted by Crippen LogP contribution is -2.14. The molecule has 3 heterocycles. The molecule has 278 valence electrons. The largest absolute Gasteiger partial charge is 0.254 e. The summed E-state index contributed by atoms with van der Waals surface area (Å²) in [5.74, 6) is 0.676. The number of aromatic nitrogens is 4. The van der Waals surface area contributed by atoms with Crippen LogP contribution in [0.4, 0.5) is 0 Å². The summed E-state index contributed by atoms with van der Waals surface area (Å²) < 4.78 is 0. The highest BCUT2D eigenvalue weighted by Gasteiger charge is 2.35. The SMILES string of the molecule is CC1(C)c2ccccc2-c2cc(-c3cc(-c4cc(-c5ccc(-c6ccccc6)cc5)nc(-c5ccccc5)n4)cc(-c4ccc5ccc6cccnc6c5n4)c3)ccc21. The van der Waals surface area contributed by atoms with Crippen molar-refractivity contribution >= 4 is 21.8 Å². The maximum Gasteiger partial charge on any atom is 0.160 e. The fourth-order valence-electron chi connectivity index (χ4n) is 8.80. The quantitative estimate of drug-likeness (QED) is 0.159. The molecule has 0 atom stereocenters. The molecule has 0 fully saturated rings. The molecule has 59 heavy (non-hydrogen) atoms. The molecule has 0 unspecified atom stereocenters. The fraction of sp³-hybridized carbons (Fsp3) is 0.0545. The first-order valence-corrected chi connectivity index (χ1v) is 20.1. The Labute approximate surface area is 343 Å². The zero-order chi connectivity index (χ0) is 39.5. The molecule has 4 heteroatoms. The molecule has 4 nitrogen and oxygen atoms in total. The highest BCUT2D eigenvalue weighted by Crippen LogP contribution is 2.50. The van der Waals surface area contributed by atoms with Crippen LogP contribution in [0, 0.1) is 0 Å². The van der Waals surface area contributed by atoms with Crippen LogP contribution < -0.4 is 0 Å². The van der Waals surface area contributed by atoms with Gasteiger partial charge in [-0.1, -0.05) is 159 Å². The summed E-state index contributed by atoms with van der Waals surface area (Å²) in [6.45, 7) is 4.65. The molecule has 0 bridgehead atoms. The second-order valence-electron chi connectivity index (χ2n) is 15.9. The van der Waals surface area contributed by atoms with Gasteiger partial charge in [-0.15, -0.1) is 0 Å². The van der Waals surface area contributed by atoms with E-state index >= 15 is 0 Å². The van der Waals surface area contributed by atoms with Crippen molar-refractivity contribution in [3.05, 3.63) is 205 Å². The maximum atomic E-state index is 5.32. The van der Waals surface area contributed by atoms with Crippen LogP contribution in [0.1, 0.15) is 25.0 Å². The van der Waals surface area contributed by atoms with Gasteiger partial charge in [-0.05, 0) is 87.0 Å². The van der Waals surface area contributed by atoms with Gasteiger partial charge in [-0.25, -0.2) is 15.0 Å². The van der Waals surface area contributed by atoms with Gasteiger partial charge in [-0.2, -0.15) is 0 Å². The summed E-state index contributed by atoms with van der Waals surface area (Å²) >= 11 is 0. The predicted molar refractivity (Wildman–Crippen MR) is 243 cm³/mol. The van der Waals surface area contributed by atoms with E-state index in [2.05, 4.69) is 172 Å². The molecule has 3 aromatic heterocycles. The number of benzene rings is 7. The van der Waals surface area contributed by atoms with Crippen LogP contribution in [-0.2, 0) is 5.41 Å². The number of hydrogen-bond donors (Lipinski definition) is 0. The van der Waals surface area contributed by atoms with E-state index in [0.29, 0.717) is 5.82 Å². The Morgan fingerprint density at radius 3 is 1.69 bits per heavy atom. The third-order valence-electron chi connectivity index (χ3n) is 11.9. The molecule has 0 saturated carbocycles. The molecular weight excluding hydrogens is 717 g/mol. The van der Waals surface area contributed by atoms with E-state index < -0.39 is 0 Å². The van der Waals surface area contributed by atoms with E-state index in [1.165, 1.54) is 27.8 Å². The van der Waals surface area contributed by atoms with E-state index in [1.54, 1.807) is 0 Å². The van der Waals surface area contributed by atoms with Gasteiger partial charge >= 0.3 is 0 Å². The van der Waals surface area contributed by atoms with Crippen molar-refractivity contribution in [3.8, 4) is 78.5 Å². The lowest BCUT2D eigenvalue weighted by Gasteiger charge is -2.21. The normalized spacial score (nSPS) is 12.7. The standard InChI is InChI=1S/C55H38N4/c1-55(2)47-18-10-9-17-45(47)46-33-41(25-27-48(46)55)42-30-43(49-28-26-39-24-23-38-16-11-29-56-52(38)53(39)57-49)32-44(31-42)51-34-50(58-54(59-51)40-14-7-4-8-15-40)37-21-19-36(20-22-37)35-12-5-3-6-13-35/h3-34H,1-2H3. The summed E-state index contributed by atoms with van der Waals surface area (Å²) in [5, 5.41) is 2.13. The Morgan fingerprint density at radius 2 is 0.915 bits per heavy atom. The van der Waals surface area contributed by atoms with Gasteiger partial charge in [0.2, 0.25) is 0 Å². The average Bonchev–Trinajstić information content (AvgIpc) is 3.54. The zero-order valence-corrected chi connectivity index (χ0v) is 32.8. The van der Waals surface area contributed by atoms with Crippen LogP contribution in [0.2, 0.25) is 0 Å². The number of hydrogen-bond acceptors (Lipinski definition) is 4. The molecule has 0 saturated heterocycles. The Kier molecular flexibility index (Phi) is 8.12. The molecule has 1 aliphatic rings. The van der Waals surface area contributed by atoms with Crippen molar-refractivity contribution < 1.29 is 0 Å². The molecule has 10 aromatic rings. The lowest BCUT2D eigenvalue weighted by atomic mass is 9.82. The van der Waals surface area contributed by atoms with Gasteiger partial charge in [0.15, 0.2) is 5.82 Å². The van der Waals surface area contributed by atoms with Crippen molar-refractivity contribution in [1.29, 1.82) is 0 Å². The fourth-order valence-corrected chi connectivity index (χ4v) is 8.80. The lowest BCUT2D eigenvalue weighted by molar-refractivity contribution is 0.660. The van der Waals surface area contributed by atoms with Crippen molar-refractivity contribution in [3.63, 3.8) is 0 Å². The van der Waals surface area contributed by atoms with E-state index in [9.17, 15) is 0 Å². The first-order chi connectivity index (χ1) is 29.0. The second-order valence-corrected chi connectivity index (χ2v) is 15.9. The van der Waals surface area contributed by atoms with Crippen molar-refractivity contribution in [1.82, 2.24) is 19.9 Å². The molecule has 0 radical (unpaired) electrons. The summed E-state index contributed by atoms with van der Waals surface area (Å²) in [7, 11) is 0. The van der Waals surface area contributed by atoms with Gasteiger partial charge in [0.05, 0.1) is 28.1 Å². The Balaban J connectivity index is 1.12. The minimum absolute atomic E-state index is 0.0756. The summed E-state index contributed by atoms with van der Waals surface area (Å²) in [6.07, 6.45) is 1.84. The third kappa shape index (κ3) is 6.09. The Bertz CT molecular complexity index is 3220. The minimum atomic E-state index is -0.0756. The third-order valence-corrected chi connectivity index (χ3v) is 11.9. The highest BCUT2D eigenvalue weighted by molar-refractivity contribution is 6.03. The molecular formula is C55H38N4. The van der Waals surface area contributed by atoms with E-state index in [4.69, 9.17) is 19.9 Å². The highest BCUT2D eigenvalue weighted by atomic mass is 14.9. The van der Waals surface area contributed by atoms with Gasteiger partial charge in [0.1, 0.15) is 0 Å². The first-order valence-electron chi connectivity index (χ1n) is 20.1. The van der Waals surface area contributed by atoms with E-state index in [1.807, 2.05) is 36.5 Å². The van der Waals surface area contributed by atoms with Crippen LogP contribution in [0.15, 0.2) is 194 Å². The zero-order valence-electron chi connectivity index (χ0n) is 32.8. The average molecular weight is 755 g/mol. The number of rotatable bonds is 6. The van der Waals surface area contributed by atoms with Crippen molar-refractivity contribution in [2.24, 2.45) is 0 Å². The Morgan fingerprint density at radius 1 is 0.339 bits per heavy atom. The maximum absolute atomic E-state index is 5.32. The van der Waals surface area contributed by atoms with Gasteiger partial charge < -0.3 is 0 Å². The second kappa shape index (κ2) is 13.8. The number of pyridine rings is 2. The van der Waals surface area contributed by atoms with Gasteiger partial charge in [0, 0.05) is 44.6 Å². The van der Waals surface area contributed by atoms with Crippen LogP contribution in [-0.4, -0.2) is 19.9 Å². The molecule has 0 spiro atoms. The van der Waals surface area contributed by atoms with Crippen molar-refractivity contribution in [2.45, 2.75) is 19.3 Å². The smallest absolute Gasteiger partial charge is 0.160 e. The molecule has 0 aliphatic heterocycles. The van der Waals surface area contributed by atoms with Crippen molar-refractivity contribution in [2.75, 3.05) is 0 Å². The van der Waals surface area contributed by atoms with Crippen LogP contribution in [0.5, 0.6) is 0 Å². The van der Waals surface area contributed by atoms with E-state index in [-0.39, 0.29) is 5.41 Å².